The summed E-state index contributed by atoms with van der Waals surface area (Å²) in [5.41, 5.74) is 8.45. The number of benzene rings is 2. The van der Waals surface area contributed by atoms with Crippen LogP contribution in [-0.2, 0) is 13.1 Å². The molecular weight excluding hydrogens is 275 g/mol. The molecule has 0 saturated heterocycles. The van der Waals surface area contributed by atoms with Crippen molar-refractivity contribution in [3.8, 4) is 0 Å². The van der Waals surface area contributed by atoms with E-state index in [-0.39, 0.29) is 5.82 Å². The Morgan fingerprint density at radius 1 is 1.15 bits per heavy atom. The lowest BCUT2D eigenvalue weighted by Crippen LogP contribution is -2.01. The molecule has 0 amide bonds. The predicted molar refractivity (Wildman–Crippen MR) is 80.3 cm³/mol. The second kappa shape index (κ2) is 5.27. The molecule has 2 aromatic carbocycles. The van der Waals surface area contributed by atoms with E-state index in [2.05, 4.69) is 0 Å². The first-order valence-electron chi connectivity index (χ1n) is 6.40. The molecule has 20 heavy (non-hydrogen) atoms. The van der Waals surface area contributed by atoms with Crippen LogP contribution in [0.4, 0.5) is 4.39 Å². The van der Waals surface area contributed by atoms with Gasteiger partial charge < -0.3 is 10.3 Å². The SMILES string of the molecule is NCc1ccc(Cn2ccc3c(F)cccc32)c(Cl)c1. The third-order valence-corrected chi connectivity index (χ3v) is 3.81. The maximum atomic E-state index is 13.7. The zero-order valence-electron chi connectivity index (χ0n) is 10.8. The number of fused-ring (bicyclic) bond motifs is 1. The zero-order valence-corrected chi connectivity index (χ0v) is 11.6. The fourth-order valence-electron chi connectivity index (χ4n) is 2.35. The van der Waals surface area contributed by atoms with E-state index in [1.165, 1.54) is 6.07 Å². The molecule has 2 N–H and O–H groups in total. The predicted octanol–water partition coefficient (Wildman–Crippen LogP) is 3.94. The van der Waals surface area contributed by atoms with Crippen LogP contribution in [0.1, 0.15) is 11.1 Å². The topological polar surface area (TPSA) is 30.9 Å². The van der Waals surface area contributed by atoms with Crippen LogP contribution in [0.15, 0.2) is 48.7 Å². The molecule has 1 aromatic heterocycles. The van der Waals surface area contributed by atoms with Gasteiger partial charge in [-0.1, -0.05) is 29.8 Å². The number of rotatable bonds is 3. The normalized spacial score (nSPS) is 11.2. The molecule has 3 aromatic rings. The minimum atomic E-state index is -0.203. The molecule has 0 radical (unpaired) electrons. The average molecular weight is 289 g/mol. The molecule has 4 heteroatoms. The van der Waals surface area contributed by atoms with Gasteiger partial charge in [-0.25, -0.2) is 4.39 Å². The Kier molecular flexibility index (Phi) is 3.47. The molecule has 0 bridgehead atoms. The summed E-state index contributed by atoms with van der Waals surface area (Å²) < 4.78 is 15.7. The maximum absolute atomic E-state index is 13.7. The first-order chi connectivity index (χ1) is 9.69. The van der Waals surface area contributed by atoms with Crippen LogP contribution in [0, 0.1) is 5.82 Å². The second-order valence-electron chi connectivity index (χ2n) is 4.75. The van der Waals surface area contributed by atoms with Crippen LogP contribution >= 0.6 is 11.6 Å². The molecule has 0 saturated carbocycles. The Hall–Kier alpha value is -1.84. The first kappa shape index (κ1) is 13.2. The molecule has 3 rings (SSSR count). The molecule has 102 valence electrons. The summed E-state index contributed by atoms with van der Waals surface area (Å²) in [7, 11) is 0. The number of nitrogens with zero attached hydrogens (tertiary/aromatic N) is 1. The van der Waals surface area contributed by atoms with Crippen molar-refractivity contribution in [1.29, 1.82) is 0 Å². The lowest BCUT2D eigenvalue weighted by Gasteiger charge is -2.09. The fourth-order valence-corrected chi connectivity index (χ4v) is 2.62. The van der Waals surface area contributed by atoms with Crippen LogP contribution in [-0.4, -0.2) is 4.57 Å². The number of aromatic nitrogens is 1. The van der Waals surface area contributed by atoms with E-state index < -0.39 is 0 Å². The minimum absolute atomic E-state index is 0.203. The highest BCUT2D eigenvalue weighted by Gasteiger charge is 2.07. The first-order valence-corrected chi connectivity index (χ1v) is 6.77. The standard InChI is InChI=1S/C16H14ClFN2/c17-14-8-11(9-19)4-5-12(14)10-20-7-6-13-15(18)2-1-3-16(13)20/h1-8H,9-10,19H2. The van der Waals surface area contributed by atoms with E-state index in [0.29, 0.717) is 23.5 Å². The Morgan fingerprint density at radius 2 is 2.00 bits per heavy atom. The molecule has 0 atom stereocenters. The van der Waals surface area contributed by atoms with Crippen molar-refractivity contribution >= 4 is 22.5 Å². The van der Waals surface area contributed by atoms with Crippen molar-refractivity contribution < 1.29 is 4.39 Å². The van der Waals surface area contributed by atoms with E-state index in [1.807, 2.05) is 35.0 Å². The van der Waals surface area contributed by atoms with Crippen molar-refractivity contribution in [3.63, 3.8) is 0 Å². The number of nitrogens with two attached hydrogens (primary N) is 1. The highest BCUT2D eigenvalue weighted by molar-refractivity contribution is 6.31. The fraction of sp³-hybridized carbons (Fsp3) is 0.125. The van der Waals surface area contributed by atoms with Gasteiger partial charge in [-0.2, -0.15) is 0 Å². The largest absolute Gasteiger partial charge is 0.343 e. The van der Waals surface area contributed by atoms with Crippen molar-refractivity contribution in [3.05, 3.63) is 70.6 Å². The Labute approximate surface area is 121 Å². The highest BCUT2D eigenvalue weighted by Crippen LogP contribution is 2.23. The highest BCUT2D eigenvalue weighted by atomic mass is 35.5. The third-order valence-electron chi connectivity index (χ3n) is 3.45. The van der Waals surface area contributed by atoms with Gasteiger partial charge in [0.15, 0.2) is 0 Å². The van der Waals surface area contributed by atoms with Crippen molar-refractivity contribution in [1.82, 2.24) is 4.57 Å². The Balaban J connectivity index is 1.99. The number of hydrogen-bond donors (Lipinski definition) is 1. The summed E-state index contributed by atoms with van der Waals surface area (Å²) in [5, 5.41) is 1.31. The van der Waals surface area contributed by atoms with Gasteiger partial charge in [0.25, 0.3) is 0 Å². The van der Waals surface area contributed by atoms with E-state index in [0.717, 1.165) is 16.6 Å². The van der Waals surface area contributed by atoms with Gasteiger partial charge in [0.05, 0.1) is 5.52 Å². The molecular formula is C16H14ClFN2. The molecule has 0 spiro atoms. The molecule has 0 unspecified atom stereocenters. The monoisotopic (exact) mass is 288 g/mol. The van der Waals surface area contributed by atoms with Gasteiger partial charge in [-0.15, -0.1) is 0 Å². The van der Waals surface area contributed by atoms with Gasteiger partial charge >= 0.3 is 0 Å². The van der Waals surface area contributed by atoms with Crippen LogP contribution in [0.5, 0.6) is 0 Å². The summed E-state index contributed by atoms with van der Waals surface area (Å²) in [4.78, 5) is 0. The Bertz CT molecular complexity index is 764. The van der Waals surface area contributed by atoms with E-state index in [4.69, 9.17) is 17.3 Å². The maximum Gasteiger partial charge on any atom is 0.132 e. The molecule has 0 aliphatic carbocycles. The van der Waals surface area contributed by atoms with Gasteiger partial charge in [-0.05, 0) is 35.4 Å². The smallest absolute Gasteiger partial charge is 0.132 e. The summed E-state index contributed by atoms with van der Waals surface area (Å²) >= 11 is 6.26. The van der Waals surface area contributed by atoms with Gasteiger partial charge in [0.2, 0.25) is 0 Å². The second-order valence-corrected chi connectivity index (χ2v) is 5.15. The van der Waals surface area contributed by atoms with Gasteiger partial charge in [-0.3, -0.25) is 0 Å². The summed E-state index contributed by atoms with van der Waals surface area (Å²) in [6, 6.07) is 12.7. The van der Waals surface area contributed by atoms with Crippen molar-refractivity contribution in [2.45, 2.75) is 13.1 Å². The number of hydrogen-bond acceptors (Lipinski definition) is 1. The summed E-state index contributed by atoms with van der Waals surface area (Å²) in [6.07, 6.45) is 1.88. The van der Waals surface area contributed by atoms with Crippen LogP contribution in [0.2, 0.25) is 5.02 Å². The van der Waals surface area contributed by atoms with E-state index in [1.54, 1.807) is 12.1 Å². The zero-order chi connectivity index (χ0) is 14.1. The summed E-state index contributed by atoms with van der Waals surface area (Å²) in [5.74, 6) is -0.203. The molecule has 0 aliphatic rings. The van der Waals surface area contributed by atoms with Crippen LogP contribution in [0.25, 0.3) is 10.9 Å². The molecule has 1 heterocycles. The molecule has 0 fully saturated rings. The van der Waals surface area contributed by atoms with E-state index >= 15 is 0 Å². The number of halogens is 2. The Morgan fingerprint density at radius 3 is 2.75 bits per heavy atom. The summed E-state index contributed by atoms with van der Waals surface area (Å²) in [6.45, 7) is 1.08. The van der Waals surface area contributed by atoms with Crippen molar-refractivity contribution in [2.24, 2.45) is 5.73 Å². The lowest BCUT2D eigenvalue weighted by molar-refractivity contribution is 0.639. The average Bonchev–Trinajstić information content (AvgIpc) is 2.86. The van der Waals surface area contributed by atoms with E-state index in [9.17, 15) is 4.39 Å². The van der Waals surface area contributed by atoms with Crippen LogP contribution < -0.4 is 5.73 Å². The van der Waals surface area contributed by atoms with Crippen molar-refractivity contribution in [2.75, 3.05) is 0 Å². The molecule has 2 nitrogen and oxygen atoms in total. The quantitative estimate of drug-likeness (QED) is 0.777. The third kappa shape index (κ3) is 2.30. The minimum Gasteiger partial charge on any atom is -0.343 e. The lowest BCUT2D eigenvalue weighted by atomic mass is 10.1. The molecule has 0 aliphatic heterocycles. The van der Waals surface area contributed by atoms with Gasteiger partial charge in [0.1, 0.15) is 5.82 Å². The van der Waals surface area contributed by atoms with Crippen LogP contribution in [0.3, 0.4) is 0 Å². The van der Waals surface area contributed by atoms with Gasteiger partial charge in [0, 0.05) is 29.7 Å².